The number of hydrogen-bond acceptors (Lipinski definition) is 7. The summed E-state index contributed by atoms with van der Waals surface area (Å²) in [5.74, 6) is -0.0986. The first kappa shape index (κ1) is 15.4. The van der Waals surface area contributed by atoms with Crippen LogP contribution in [0, 0.1) is 11.3 Å². The lowest BCUT2D eigenvalue weighted by Crippen LogP contribution is -2.10. The highest BCUT2D eigenvalue weighted by molar-refractivity contribution is 7.21. The summed E-state index contributed by atoms with van der Waals surface area (Å²) >= 11 is 1.16. The molecule has 8 heteroatoms. The summed E-state index contributed by atoms with van der Waals surface area (Å²) in [6.45, 7) is 0. The van der Waals surface area contributed by atoms with Gasteiger partial charge in [-0.05, 0) is 25.0 Å². The van der Waals surface area contributed by atoms with E-state index in [4.69, 9.17) is 16.7 Å². The number of hydrogen-bond donors (Lipinski definition) is 3. The first-order valence-electron chi connectivity index (χ1n) is 7.73. The molecule has 1 saturated carbocycles. The summed E-state index contributed by atoms with van der Waals surface area (Å²) in [6.07, 6.45) is 2.17. The van der Waals surface area contributed by atoms with Gasteiger partial charge < -0.3 is 16.8 Å². The molecule has 1 aliphatic carbocycles. The predicted octanol–water partition coefficient (Wildman–Crippen LogP) is 2.49. The number of primary amides is 1. The molecular formula is C17H14N6OS. The quantitative estimate of drug-likeness (QED) is 0.662. The highest BCUT2D eigenvalue weighted by Crippen LogP contribution is 2.39. The molecule has 25 heavy (non-hydrogen) atoms. The van der Waals surface area contributed by atoms with Gasteiger partial charge in [-0.15, -0.1) is 11.3 Å². The monoisotopic (exact) mass is 350 g/mol. The third kappa shape index (κ3) is 2.75. The molecule has 1 fully saturated rings. The molecular weight excluding hydrogens is 336 g/mol. The minimum absolute atomic E-state index is 0.269. The minimum Gasteiger partial charge on any atom is -0.397 e. The summed E-state index contributed by atoms with van der Waals surface area (Å²) in [5.41, 5.74) is 13.7. The van der Waals surface area contributed by atoms with E-state index < -0.39 is 5.91 Å². The van der Waals surface area contributed by atoms with E-state index in [0.717, 1.165) is 29.7 Å². The lowest BCUT2D eigenvalue weighted by Gasteiger charge is -2.08. The number of fused-ring (bicyclic) bond motifs is 1. The predicted molar refractivity (Wildman–Crippen MR) is 97.1 cm³/mol. The van der Waals surface area contributed by atoms with Gasteiger partial charge in [0.1, 0.15) is 9.71 Å². The maximum absolute atomic E-state index is 11.7. The zero-order valence-corrected chi connectivity index (χ0v) is 13.9. The second kappa shape index (κ2) is 5.72. The highest BCUT2D eigenvalue weighted by Gasteiger charge is 2.25. The van der Waals surface area contributed by atoms with E-state index in [-0.39, 0.29) is 10.6 Å². The van der Waals surface area contributed by atoms with Crippen molar-refractivity contribution < 1.29 is 4.79 Å². The van der Waals surface area contributed by atoms with E-state index >= 15 is 0 Å². The maximum Gasteiger partial charge on any atom is 0.260 e. The molecule has 1 aliphatic rings. The molecule has 1 amide bonds. The van der Waals surface area contributed by atoms with E-state index in [1.807, 2.05) is 6.07 Å². The number of benzene rings is 1. The van der Waals surface area contributed by atoms with Gasteiger partial charge in [-0.3, -0.25) is 4.79 Å². The van der Waals surface area contributed by atoms with Crippen LogP contribution in [-0.2, 0) is 0 Å². The largest absolute Gasteiger partial charge is 0.397 e. The number of rotatable bonds is 4. The molecule has 0 saturated heterocycles. The molecule has 0 unspecified atom stereocenters. The number of nitriles is 1. The van der Waals surface area contributed by atoms with Crippen LogP contribution in [0.4, 0.5) is 11.6 Å². The number of nitrogens with one attached hydrogen (secondary N) is 1. The Bertz CT molecular complexity index is 1050. The number of carbonyl (C=O) groups excluding carboxylic acids is 1. The standard InChI is InChI=1S/C17H14N6OS/c18-7-8-2-1-3-9(6-8)13-11-12(19)14(15(20)24)25-16(11)23-17(22-13)21-10-4-5-10/h1-3,6,10H,4-5,19H2,(H2,20,24)(H,21,22,23). The second-order valence-corrected chi connectivity index (χ2v) is 6.90. The van der Waals surface area contributed by atoms with Crippen LogP contribution < -0.4 is 16.8 Å². The minimum atomic E-state index is -0.589. The van der Waals surface area contributed by atoms with Crippen molar-refractivity contribution in [1.82, 2.24) is 9.97 Å². The molecule has 0 radical (unpaired) electrons. The van der Waals surface area contributed by atoms with E-state index in [0.29, 0.717) is 33.5 Å². The van der Waals surface area contributed by atoms with Crippen LogP contribution in [0.5, 0.6) is 0 Å². The average Bonchev–Trinajstić information content (AvgIpc) is 3.36. The Balaban J connectivity index is 1.98. The SMILES string of the molecule is N#Cc1cccc(-c2nc(NC3CC3)nc3sc(C(N)=O)c(N)c23)c1. The van der Waals surface area contributed by atoms with Crippen molar-refractivity contribution in [1.29, 1.82) is 5.26 Å². The number of amides is 1. The summed E-state index contributed by atoms with van der Waals surface area (Å²) in [5, 5.41) is 13.0. The third-order valence-electron chi connectivity index (χ3n) is 3.99. The number of anilines is 2. The summed E-state index contributed by atoms with van der Waals surface area (Å²) in [4.78, 5) is 21.6. The van der Waals surface area contributed by atoms with E-state index in [9.17, 15) is 4.79 Å². The molecule has 124 valence electrons. The molecule has 0 aliphatic heterocycles. The summed E-state index contributed by atoms with van der Waals surface area (Å²) < 4.78 is 0. The first-order valence-corrected chi connectivity index (χ1v) is 8.55. The lowest BCUT2D eigenvalue weighted by molar-refractivity contribution is 0.100. The van der Waals surface area contributed by atoms with Gasteiger partial charge in [0, 0.05) is 11.6 Å². The van der Waals surface area contributed by atoms with Gasteiger partial charge in [-0.25, -0.2) is 9.97 Å². The van der Waals surface area contributed by atoms with Crippen LogP contribution in [0.1, 0.15) is 28.1 Å². The molecule has 2 heterocycles. The maximum atomic E-state index is 11.7. The van der Waals surface area contributed by atoms with Crippen molar-refractivity contribution in [2.75, 3.05) is 11.1 Å². The average molecular weight is 350 g/mol. The van der Waals surface area contributed by atoms with Gasteiger partial charge in [0.2, 0.25) is 5.95 Å². The van der Waals surface area contributed by atoms with Gasteiger partial charge >= 0.3 is 0 Å². The van der Waals surface area contributed by atoms with Crippen molar-refractivity contribution in [3.05, 3.63) is 34.7 Å². The molecule has 5 N–H and O–H groups in total. The zero-order valence-electron chi connectivity index (χ0n) is 13.1. The summed E-state index contributed by atoms with van der Waals surface area (Å²) in [6, 6.07) is 9.59. The number of nitrogens with two attached hydrogens (primary N) is 2. The Morgan fingerprint density at radius 2 is 2.16 bits per heavy atom. The fraction of sp³-hybridized carbons (Fsp3) is 0.176. The van der Waals surface area contributed by atoms with Crippen LogP contribution in [0.25, 0.3) is 21.5 Å². The first-order chi connectivity index (χ1) is 12.1. The van der Waals surface area contributed by atoms with Crippen molar-refractivity contribution >= 4 is 39.1 Å². The molecule has 4 rings (SSSR count). The molecule has 2 aromatic heterocycles. The van der Waals surface area contributed by atoms with E-state index in [2.05, 4.69) is 21.4 Å². The lowest BCUT2D eigenvalue weighted by atomic mass is 10.1. The van der Waals surface area contributed by atoms with Crippen LogP contribution in [0.2, 0.25) is 0 Å². The molecule has 0 spiro atoms. The van der Waals surface area contributed by atoms with Crippen LogP contribution in [0.15, 0.2) is 24.3 Å². The molecule has 0 bridgehead atoms. The number of aromatic nitrogens is 2. The Morgan fingerprint density at radius 3 is 2.84 bits per heavy atom. The van der Waals surface area contributed by atoms with E-state index in [1.165, 1.54) is 0 Å². The smallest absolute Gasteiger partial charge is 0.260 e. The number of nitrogen functional groups attached to an aromatic ring is 1. The topological polar surface area (TPSA) is 131 Å². The summed E-state index contributed by atoms with van der Waals surface area (Å²) in [7, 11) is 0. The number of carbonyl (C=O) groups is 1. The molecule has 3 aromatic rings. The molecule has 7 nitrogen and oxygen atoms in total. The normalized spacial score (nSPS) is 13.6. The fourth-order valence-corrected chi connectivity index (χ4v) is 3.57. The Hall–Kier alpha value is -3.18. The van der Waals surface area contributed by atoms with Crippen LogP contribution in [-0.4, -0.2) is 21.9 Å². The van der Waals surface area contributed by atoms with Gasteiger partial charge in [0.05, 0.1) is 28.4 Å². The van der Waals surface area contributed by atoms with Gasteiger partial charge in [0.25, 0.3) is 5.91 Å². The Kier molecular flexibility index (Phi) is 3.51. The zero-order chi connectivity index (χ0) is 17.6. The number of nitrogens with zero attached hydrogens (tertiary/aromatic N) is 3. The van der Waals surface area contributed by atoms with Crippen molar-refractivity contribution in [2.45, 2.75) is 18.9 Å². The van der Waals surface area contributed by atoms with Gasteiger partial charge in [-0.1, -0.05) is 12.1 Å². The van der Waals surface area contributed by atoms with Crippen molar-refractivity contribution in [3.63, 3.8) is 0 Å². The van der Waals surface area contributed by atoms with E-state index in [1.54, 1.807) is 18.2 Å². The van der Waals surface area contributed by atoms with Gasteiger partial charge in [-0.2, -0.15) is 5.26 Å². The van der Waals surface area contributed by atoms with Crippen molar-refractivity contribution in [2.24, 2.45) is 5.73 Å². The highest BCUT2D eigenvalue weighted by atomic mass is 32.1. The molecule has 1 aromatic carbocycles. The van der Waals surface area contributed by atoms with Crippen LogP contribution >= 0.6 is 11.3 Å². The fourth-order valence-electron chi connectivity index (χ4n) is 2.62. The number of thiophene rings is 1. The Labute approximate surface area is 147 Å². The van der Waals surface area contributed by atoms with Crippen molar-refractivity contribution in [3.8, 4) is 17.3 Å². The van der Waals surface area contributed by atoms with Gasteiger partial charge in [0.15, 0.2) is 0 Å². The molecule has 0 atom stereocenters. The third-order valence-corrected chi connectivity index (χ3v) is 5.10. The second-order valence-electron chi connectivity index (χ2n) is 5.90. The Morgan fingerprint density at radius 1 is 1.36 bits per heavy atom. The van der Waals surface area contributed by atoms with Crippen LogP contribution in [0.3, 0.4) is 0 Å².